The summed E-state index contributed by atoms with van der Waals surface area (Å²) >= 11 is 0. The third-order valence-electron chi connectivity index (χ3n) is 2.07. The molecule has 0 amide bonds. The Kier molecular flexibility index (Phi) is 3.57. The largest absolute Gasteiger partial charge is 0.483 e. The standard InChI is InChI=1S/C7H12N2.CH2O2/c1-3-7-8-4-2-6-9(7)5-1;2-1-3/h1-6H2;1H,(H,2,3). The zero-order valence-corrected chi connectivity index (χ0v) is 7.07. The molecule has 1 fully saturated rings. The minimum Gasteiger partial charge on any atom is -0.483 e. The topological polar surface area (TPSA) is 52.9 Å². The first-order valence-corrected chi connectivity index (χ1v) is 4.24. The molecule has 2 aliphatic rings. The zero-order chi connectivity index (χ0) is 8.81. The number of carbonyl (C=O) groups is 1. The number of amidine groups is 1. The number of carboxylic acid groups (broad SMARTS) is 1. The van der Waals surface area contributed by atoms with Crippen LogP contribution in [0.25, 0.3) is 0 Å². The molecule has 2 rings (SSSR count). The van der Waals surface area contributed by atoms with E-state index in [1.165, 1.54) is 38.2 Å². The summed E-state index contributed by atoms with van der Waals surface area (Å²) in [6.07, 6.45) is 3.84. The van der Waals surface area contributed by atoms with Crippen molar-refractivity contribution >= 4 is 12.3 Å². The van der Waals surface area contributed by atoms with Crippen LogP contribution in [0.3, 0.4) is 0 Å². The average Bonchev–Trinajstić information content (AvgIpc) is 2.52. The quantitative estimate of drug-likeness (QED) is 0.541. The Labute approximate surface area is 71.9 Å². The molecule has 0 spiro atoms. The molecule has 4 heteroatoms. The highest BCUT2D eigenvalue weighted by Crippen LogP contribution is 2.14. The molecule has 0 atom stereocenters. The van der Waals surface area contributed by atoms with Crippen molar-refractivity contribution in [2.45, 2.75) is 19.3 Å². The number of hydrogen-bond acceptors (Lipinski definition) is 3. The summed E-state index contributed by atoms with van der Waals surface area (Å²) in [5.74, 6) is 1.38. The van der Waals surface area contributed by atoms with Crippen LogP contribution in [0.4, 0.5) is 0 Å². The average molecular weight is 170 g/mol. The van der Waals surface area contributed by atoms with Gasteiger partial charge in [0.1, 0.15) is 0 Å². The smallest absolute Gasteiger partial charge is 0.290 e. The van der Waals surface area contributed by atoms with Gasteiger partial charge in [-0.2, -0.15) is 0 Å². The van der Waals surface area contributed by atoms with Gasteiger partial charge in [0.25, 0.3) is 6.47 Å². The highest BCUT2D eigenvalue weighted by atomic mass is 16.3. The highest BCUT2D eigenvalue weighted by Gasteiger charge is 2.19. The van der Waals surface area contributed by atoms with Crippen molar-refractivity contribution in [1.82, 2.24) is 4.90 Å². The second kappa shape index (κ2) is 4.74. The molecule has 1 N–H and O–H groups in total. The van der Waals surface area contributed by atoms with Crippen LogP contribution in [0, 0.1) is 0 Å². The monoisotopic (exact) mass is 170 g/mol. The van der Waals surface area contributed by atoms with Gasteiger partial charge in [0.05, 0.1) is 5.84 Å². The van der Waals surface area contributed by atoms with Gasteiger partial charge in [-0.1, -0.05) is 0 Å². The molecule has 12 heavy (non-hydrogen) atoms. The Hall–Kier alpha value is -1.06. The molecule has 0 radical (unpaired) electrons. The van der Waals surface area contributed by atoms with E-state index in [0.717, 1.165) is 6.54 Å². The summed E-state index contributed by atoms with van der Waals surface area (Å²) in [6, 6.07) is 0. The molecule has 0 unspecified atom stereocenters. The fraction of sp³-hybridized carbons (Fsp3) is 0.750. The first kappa shape index (κ1) is 9.03. The van der Waals surface area contributed by atoms with Gasteiger partial charge in [-0.15, -0.1) is 0 Å². The molecular formula is C8H14N2O2. The molecule has 0 aromatic heterocycles. The van der Waals surface area contributed by atoms with Crippen LogP contribution < -0.4 is 0 Å². The number of aliphatic imine (C=N–C) groups is 1. The Morgan fingerprint density at radius 2 is 2.08 bits per heavy atom. The molecular weight excluding hydrogens is 156 g/mol. The minimum atomic E-state index is -0.250. The Morgan fingerprint density at radius 1 is 1.42 bits per heavy atom. The lowest BCUT2D eigenvalue weighted by Crippen LogP contribution is -2.29. The van der Waals surface area contributed by atoms with E-state index >= 15 is 0 Å². The predicted molar refractivity (Wildman–Crippen MR) is 46.4 cm³/mol. The summed E-state index contributed by atoms with van der Waals surface area (Å²) in [5.41, 5.74) is 0. The van der Waals surface area contributed by atoms with Gasteiger partial charge in [0, 0.05) is 26.1 Å². The Morgan fingerprint density at radius 3 is 2.75 bits per heavy atom. The van der Waals surface area contributed by atoms with Crippen molar-refractivity contribution < 1.29 is 9.90 Å². The van der Waals surface area contributed by atoms with Crippen LogP contribution in [0.2, 0.25) is 0 Å². The summed E-state index contributed by atoms with van der Waals surface area (Å²) in [5, 5.41) is 6.89. The third kappa shape index (κ3) is 2.22. The molecule has 2 aliphatic heterocycles. The molecule has 0 bridgehead atoms. The lowest BCUT2D eigenvalue weighted by atomic mass is 10.3. The van der Waals surface area contributed by atoms with Gasteiger partial charge in [-0.3, -0.25) is 9.79 Å². The SMILES string of the molecule is C1CN=C2CCCN2C1.O=CO. The van der Waals surface area contributed by atoms with E-state index < -0.39 is 0 Å². The molecule has 0 saturated carbocycles. The van der Waals surface area contributed by atoms with E-state index in [1.807, 2.05) is 0 Å². The zero-order valence-electron chi connectivity index (χ0n) is 7.07. The van der Waals surface area contributed by atoms with Crippen LogP contribution in [-0.2, 0) is 4.79 Å². The van der Waals surface area contributed by atoms with E-state index in [-0.39, 0.29) is 6.47 Å². The second-order valence-electron chi connectivity index (χ2n) is 2.85. The lowest BCUT2D eigenvalue weighted by Gasteiger charge is -2.21. The fourth-order valence-electron chi connectivity index (χ4n) is 1.60. The number of nitrogens with zero attached hydrogens (tertiary/aromatic N) is 2. The second-order valence-corrected chi connectivity index (χ2v) is 2.85. The molecule has 0 aromatic carbocycles. The highest BCUT2D eigenvalue weighted by molar-refractivity contribution is 5.84. The van der Waals surface area contributed by atoms with Crippen molar-refractivity contribution in [3.63, 3.8) is 0 Å². The van der Waals surface area contributed by atoms with Gasteiger partial charge >= 0.3 is 0 Å². The van der Waals surface area contributed by atoms with Crippen molar-refractivity contribution in [2.75, 3.05) is 19.6 Å². The molecule has 1 saturated heterocycles. The molecule has 68 valence electrons. The van der Waals surface area contributed by atoms with Crippen LogP contribution >= 0.6 is 0 Å². The van der Waals surface area contributed by atoms with Crippen molar-refractivity contribution in [3.8, 4) is 0 Å². The van der Waals surface area contributed by atoms with Gasteiger partial charge < -0.3 is 10.0 Å². The minimum absolute atomic E-state index is 0.250. The van der Waals surface area contributed by atoms with E-state index in [0.29, 0.717) is 0 Å². The van der Waals surface area contributed by atoms with Crippen LogP contribution in [0.15, 0.2) is 4.99 Å². The first-order chi connectivity index (χ1) is 5.88. The van der Waals surface area contributed by atoms with E-state index in [9.17, 15) is 0 Å². The van der Waals surface area contributed by atoms with Crippen molar-refractivity contribution in [3.05, 3.63) is 0 Å². The van der Waals surface area contributed by atoms with Crippen molar-refractivity contribution in [1.29, 1.82) is 0 Å². The fourth-order valence-corrected chi connectivity index (χ4v) is 1.60. The molecule has 0 aromatic rings. The molecule has 0 aliphatic carbocycles. The summed E-state index contributed by atoms with van der Waals surface area (Å²) < 4.78 is 0. The van der Waals surface area contributed by atoms with Crippen LogP contribution in [-0.4, -0.2) is 41.9 Å². The lowest BCUT2D eigenvalue weighted by molar-refractivity contribution is -0.122. The van der Waals surface area contributed by atoms with E-state index in [4.69, 9.17) is 9.90 Å². The van der Waals surface area contributed by atoms with Gasteiger partial charge in [0.15, 0.2) is 0 Å². The maximum absolute atomic E-state index is 8.36. The number of fused-ring (bicyclic) bond motifs is 1. The van der Waals surface area contributed by atoms with E-state index in [1.54, 1.807) is 0 Å². The molecule has 2 heterocycles. The summed E-state index contributed by atoms with van der Waals surface area (Å²) in [4.78, 5) is 15.2. The summed E-state index contributed by atoms with van der Waals surface area (Å²) in [6.45, 7) is 3.35. The molecule has 4 nitrogen and oxygen atoms in total. The third-order valence-corrected chi connectivity index (χ3v) is 2.07. The maximum atomic E-state index is 8.36. The van der Waals surface area contributed by atoms with Crippen molar-refractivity contribution in [2.24, 2.45) is 4.99 Å². The van der Waals surface area contributed by atoms with E-state index in [2.05, 4.69) is 9.89 Å². The Bertz CT molecular complexity index is 180. The van der Waals surface area contributed by atoms with Crippen LogP contribution in [0.5, 0.6) is 0 Å². The van der Waals surface area contributed by atoms with Gasteiger partial charge in [-0.25, -0.2) is 0 Å². The van der Waals surface area contributed by atoms with Crippen LogP contribution in [0.1, 0.15) is 19.3 Å². The van der Waals surface area contributed by atoms with Gasteiger partial charge in [-0.05, 0) is 12.8 Å². The summed E-state index contributed by atoms with van der Waals surface area (Å²) in [7, 11) is 0. The maximum Gasteiger partial charge on any atom is 0.290 e. The number of hydrogen-bond donors (Lipinski definition) is 1. The normalized spacial score (nSPS) is 20.3. The van der Waals surface area contributed by atoms with Gasteiger partial charge in [0.2, 0.25) is 0 Å². The predicted octanol–water partition coefficient (Wildman–Crippen LogP) is 0.585. The Balaban J connectivity index is 0.000000213. The first-order valence-electron chi connectivity index (χ1n) is 4.24. The number of rotatable bonds is 0.